The van der Waals surface area contributed by atoms with E-state index in [-0.39, 0.29) is 0 Å². The molecule has 1 aliphatic rings. The first-order valence-electron chi connectivity index (χ1n) is 5.77. The molecule has 0 saturated carbocycles. The van der Waals surface area contributed by atoms with Crippen molar-refractivity contribution in [3.63, 3.8) is 0 Å². The second-order valence-corrected chi connectivity index (χ2v) is 4.44. The van der Waals surface area contributed by atoms with Crippen LogP contribution in [0.2, 0.25) is 5.02 Å². The summed E-state index contributed by atoms with van der Waals surface area (Å²) in [5.41, 5.74) is 0. The molecule has 1 aliphatic heterocycles. The number of halogens is 1. The first kappa shape index (κ1) is 11.7. The van der Waals surface area contributed by atoms with E-state index in [4.69, 9.17) is 16.3 Å². The minimum absolute atomic E-state index is 0.344. The molecule has 0 aromatic carbocycles. The Kier molecular flexibility index (Phi) is 4.02. The van der Waals surface area contributed by atoms with Crippen molar-refractivity contribution < 1.29 is 4.74 Å². The van der Waals surface area contributed by atoms with Crippen LogP contribution < -0.4 is 4.90 Å². The van der Waals surface area contributed by atoms with Gasteiger partial charge in [0.05, 0.1) is 11.1 Å². The smallest absolute Gasteiger partial charge is 0.128 e. The van der Waals surface area contributed by atoms with Crippen molar-refractivity contribution in [3.05, 3.63) is 23.4 Å². The predicted molar refractivity (Wildman–Crippen MR) is 66.1 cm³/mol. The second-order valence-electron chi connectivity index (χ2n) is 4.00. The molecule has 0 radical (unpaired) electrons. The molecule has 0 amide bonds. The molecule has 0 aliphatic carbocycles. The molecule has 1 fully saturated rings. The van der Waals surface area contributed by atoms with Crippen molar-refractivity contribution in [2.75, 3.05) is 24.6 Å². The van der Waals surface area contributed by atoms with E-state index in [9.17, 15) is 0 Å². The summed E-state index contributed by atoms with van der Waals surface area (Å²) in [5.74, 6) is 0.994. The highest BCUT2D eigenvalue weighted by Crippen LogP contribution is 2.20. The van der Waals surface area contributed by atoms with E-state index >= 15 is 0 Å². The fourth-order valence-corrected chi connectivity index (χ4v) is 2.18. The molecule has 4 heteroatoms. The van der Waals surface area contributed by atoms with Crippen LogP contribution >= 0.6 is 11.6 Å². The van der Waals surface area contributed by atoms with Crippen LogP contribution in [0, 0.1) is 0 Å². The van der Waals surface area contributed by atoms with Crippen LogP contribution in [0.4, 0.5) is 5.82 Å². The van der Waals surface area contributed by atoms with Gasteiger partial charge in [-0.1, -0.05) is 11.6 Å². The van der Waals surface area contributed by atoms with Gasteiger partial charge in [-0.15, -0.1) is 0 Å². The molecule has 0 N–H and O–H groups in total. The van der Waals surface area contributed by atoms with Crippen LogP contribution in [0.5, 0.6) is 0 Å². The fourth-order valence-electron chi connectivity index (χ4n) is 2.07. The quantitative estimate of drug-likeness (QED) is 0.813. The summed E-state index contributed by atoms with van der Waals surface area (Å²) in [7, 11) is 0. The molecule has 1 aromatic heterocycles. The predicted octanol–water partition coefficient (Wildman–Crippen LogP) is 2.74. The van der Waals surface area contributed by atoms with Gasteiger partial charge in [-0.2, -0.15) is 0 Å². The number of hydrogen-bond acceptors (Lipinski definition) is 3. The van der Waals surface area contributed by atoms with Crippen molar-refractivity contribution in [1.82, 2.24) is 4.98 Å². The Balaban J connectivity index is 2.01. The normalized spacial score (nSPS) is 21.1. The van der Waals surface area contributed by atoms with Crippen molar-refractivity contribution in [2.45, 2.75) is 25.9 Å². The zero-order chi connectivity index (χ0) is 11.4. The number of pyridine rings is 1. The summed E-state index contributed by atoms with van der Waals surface area (Å²) in [6.45, 7) is 4.81. The minimum Gasteiger partial charge on any atom is -0.377 e. The minimum atomic E-state index is 0.344. The number of anilines is 1. The van der Waals surface area contributed by atoms with Crippen LogP contribution in [0.1, 0.15) is 19.8 Å². The molecule has 0 bridgehead atoms. The molecule has 16 heavy (non-hydrogen) atoms. The topological polar surface area (TPSA) is 25.4 Å². The lowest BCUT2D eigenvalue weighted by molar-refractivity contribution is 0.0525. The second kappa shape index (κ2) is 5.51. The maximum Gasteiger partial charge on any atom is 0.128 e. The highest BCUT2D eigenvalue weighted by atomic mass is 35.5. The molecule has 2 heterocycles. The van der Waals surface area contributed by atoms with Gasteiger partial charge in [0, 0.05) is 25.9 Å². The van der Waals surface area contributed by atoms with Crippen LogP contribution in [-0.2, 0) is 4.74 Å². The summed E-state index contributed by atoms with van der Waals surface area (Å²) < 4.78 is 5.66. The van der Waals surface area contributed by atoms with Gasteiger partial charge in [-0.3, -0.25) is 0 Å². The number of ether oxygens (including phenoxy) is 1. The maximum absolute atomic E-state index is 5.82. The first-order valence-corrected chi connectivity index (χ1v) is 6.15. The summed E-state index contributed by atoms with van der Waals surface area (Å²) in [4.78, 5) is 6.60. The average molecular weight is 241 g/mol. The number of nitrogens with zero attached hydrogens (tertiary/aromatic N) is 2. The van der Waals surface area contributed by atoms with Gasteiger partial charge in [0.25, 0.3) is 0 Å². The van der Waals surface area contributed by atoms with Crippen molar-refractivity contribution in [2.24, 2.45) is 0 Å². The van der Waals surface area contributed by atoms with Crippen LogP contribution in [-0.4, -0.2) is 30.8 Å². The van der Waals surface area contributed by atoms with E-state index in [2.05, 4.69) is 9.88 Å². The third kappa shape index (κ3) is 2.86. The number of rotatable bonds is 3. The summed E-state index contributed by atoms with van der Waals surface area (Å²) in [6, 6.07) is 3.85. The number of aromatic nitrogens is 1. The van der Waals surface area contributed by atoms with Crippen molar-refractivity contribution >= 4 is 17.4 Å². The van der Waals surface area contributed by atoms with E-state index < -0.39 is 0 Å². The van der Waals surface area contributed by atoms with E-state index in [1.807, 2.05) is 19.1 Å². The molecule has 3 nitrogen and oxygen atoms in total. The SMILES string of the molecule is CCOC1CCCN(c2ccc(Cl)cn2)C1. The molecular formula is C12H17ClN2O. The molecule has 1 saturated heterocycles. The summed E-state index contributed by atoms with van der Waals surface area (Å²) in [6.07, 6.45) is 4.35. The van der Waals surface area contributed by atoms with E-state index in [0.717, 1.165) is 38.4 Å². The molecule has 1 atom stereocenters. The fraction of sp³-hybridized carbons (Fsp3) is 0.583. The van der Waals surface area contributed by atoms with Gasteiger partial charge >= 0.3 is 0 Å². The van der Waals surface area contributed by atoms with E-state index in [1.54, 1.807) is 6.20 Å². The zero-order valence-electron chi connectivity index (χ0n) is 9.53. The van der Waals surface area contributed by atoms with Crippen molar-refractivity contribution in [3.8, 4) is 0 Å². The Morgan fingerprint density at radius 1 is 1.56 bits per heavy atom. The summed E-state index contributed by atoms with van der Waals surface area (Å²) >= 11 is 5.82. The molecule has 0 spiro atoms. The third-order valence-electron chi connectivity index (χ3n) is 2.82. The van der Waals surface area contributed by atoms with Crippen LogP contribution in [0.15, 0.2) is 18.3 Å². The standard InChI is InChI=1S/C12H17ClN2O/c1-2-16-11-4-3-7-15(9-11)12-6-5-10(13)8-14-12/h5-6,8,11H,2-4,7,9H2,1H3. The Morgan fingerprint density at radius 2 is 2.44 bits per heavy atom. The Labute approximate surface area is 101 Å². The largest absolute Gasteiger partial charge is 0.377 e. The van der Waals surface area contributed by atoms with E-state index in [1.165, 1.54) is 0 Å². The zero-order valence-corrected chi connectivity index (χ0v) is 10.3. The highest BCUT2D eigenvalue weighted by molar-refractivity contribution is 6.30. The van der Waals surface area contributed by atoms with Gasteiger partial charge in [0.15, 0.2) is 0 Å². The number of hydrogen-bond donors (Lipinski definition) is 0. The van der Waals surface area contributed by atoms with Crippen LogP contribution in [0.25, 0.3) is 0 Å². The lowest BCUT2D eigenvalue weighted by atomic mass is 10.1. The van der Waals surface area contributed by atoms with Gasteiger partial charge in [-0.05, 0) is 31.9 Å². The monoisotopic (exact) mass is 240 g/mol. The Hall–Kier alpha value is -0.800. The van der Waals surface area contributed by atoms with Crippen LogP contribution in [0.3, 0.4) is 0 Å². The summed E-state index contributed by atoms with van der Waals surface area (Å²) in [5, 5.41) is 0.683. The Bertz CT molecular complexity index is 326. The van der Waals surface area contributed by atoms with Gasteiger partial charge < -0.3 is 9.64 Å². The molecule has 2 rings (SSSR count). The maximum atomic E-state index is 5.82. The van der Waals surface area contributed by atoms with Gasteiger partial charge in [0.1, 0.15) is 5.82 Å². The molecule has 1 unspecified atom stereocenters. The highest BCUT2D eigenvalue weighted by Gasteiger charge is 2.20. The molecule has 88 valence electrons. The average Bonchev–Trinajstić information content (AvgIpc) is 2.31. The Morgan fingerprint density at radius 3 is 3.12 bits per heavy atom. The van der Waals surface area contributed by atoms with Gasteiger partial charge in [-0.25, -0.2) is 4.98 Å². The van der Waals surface area contributed by atoms with Gasteiger partial charge in [0.2, 0.25) is 0 Å². The van der Waals surface area contributed by atoms with E-state index in [0.29, 0.717) is 11.1 Å². The number of piperidine rings is 1. The van der Waals surface area contributed by atoms with Crippen molar-refractivity contribution in [1.29, 1.82) is 0 Å². The molecular weight excluding hydrogens is 224 g/mol. The molecule has 1 aromatic rings. The lowest BCUT2D eigenvalue weighted by Crippen LogP contribution is -2.40. The first-order chi connectivity index (χ1) is 7.79. The third-order valence-corrected chi connectivity index (χ3v) is 3.04. The lowest BCUT2D eigenvalue weighted by Gasteiger charge is -2.33.